The van der Waals surface area contributed by atoms with Crippen molar-refractivity contribution in [1.29, 1.82) is 0 Å². The topological polar surface area (TPSA) is 48.9 Å². The summed E-state index contributed by atoms with van der Waals surface area (Å²) in [5, 5.41) is 17.3. The fourth-order valence-electron chi connectivity index (χ4n) is 7.87. The third kappa shape index (κ3) is 3.78. The second-order valence-corrected chi connectivity index (χ2v) is 11.5. The molecular weight excluding hydrogens is 428 g/mol. The molecular formula is C32H44N2O. The number of H-pyrrole nitrogens is 1. The smallest absolute Gasteiger partial charge is 0.0569 e. The molecule has 0 amide bonds. The third-order valence-electron chi connectivity index (χ3n) is 9.38. The highest BCUT2D eigenvalue weighted by atomic mass is 16.3. The molecule has 0 saturated carbocycles. The van der Waals surface area contributed by atoms with Crippen molar-refractivity contribution >= 4 is 0 Å². The van der Waals surface area contributed by atoms with Crippen LogP contribution < -0.4 is 0 Å². The molecule has 0 saturated heterocycles. The Balaban J connectivity index is 0.000000165. The number of aliphatic hydroxyl groups excluding tert-OH is 1. The lowest BCUT2D eigenvalue weighted by molar-refractivity contribution is 0.0573. The lowest BCUT2D eigenvalue weighted by Gasteiger charge is -2.51. The van der Waals surface area contributed by atoms with Crippen LogP contribution in [-0.2, 0) is 17.3 Å². The van der Waals surface area contributed by atoms with Crippen LogP contribution in [0.15, 0.2) is 54.7 Å². The van der Waals surface area contributed by atoms with Crippen LogP contribution in [0.5, 0.6) is 0 Å². The van der Waals surface area contributed by atoms with E-state index in [0.717, 1.165) is 19.3 Å². The van der Waals surface area contributed by atoms with Crippen molar-refractivity contribution in [1.82, 2.24) is 10.2 Å². The van der Waals surface area contributed by atoms with Gasteiger partial charge in [-0.3, -0.25) is 5.10 Å². The first-order valence-corrected chi connectivity index (χ1v) is 13.6. The molecule has 0 spiro atoms. The Labute approximate surface area is 212 Å². The lowest BCUT2D eigenvalue weighted by atomic mass is 9.53. The zero-order valence-corrected chi connectivity index (χ0v) is 22.7. The van der Waals surface area contributed by atoms with E-state index in [0.29, 0.717) is 30.3 Å². The largest absolute Gasteiger partial charge is 0.396 e. The Morgan fingerprint density at radius 2 is 1.51 bits per heavy atom. The maximum absolute atomic E-state index is 9.85. The Morgan fingerprint density at radius 3 is 2.11 bits per heavy atom. The summed E-state index contributed by atoms with van der Waals surface area (Å²) >= 11 is 0. The predicted octanol–water partition coefficient (Wildman–Crippen LogP) is 7.53. The number of hydrogen-bond donors (Lipinski definition) is 2. The van der Waals surface area contributed by atoms with Crippen LogP contribution in [0.3, 0.4) is 0 Å². The van der Waals surface area contributed by atoms with E-state index in [9.17, 15) is 5.11 Å². The van der Waals surface area contributed by atoms with Crippen molar-refractivity contribution in [2.24, 2.45) is 23.7 Å². The summed E-state index contributed by atoms with van der Waals surface area (Å²) in [6.45, 7) is 16.4. The predicted molar refractivity (Wildman–Crippen MR) is 147 cm³/mol. The maximum Gasteiger partial charge on any atom is 0.0569 e. The van der Waals surface area contributed by atoms with Gasteiger partial charge in [-0.15, -0.1) is 0 Å². The van der Waals surface area contributed by atoms with Gasteiger partial charge in [-0.25, -0.2) is 0 Å². The van der Waals surface area contributed by atoms with Crippen molar-refractivity contribution in [3.05, 3.63) is 77.1 Å². The number of aliphatic hydroxyl groups is 1. The molecule has 0 bridgehead atoms. The van der Waals surface area contributed by atoms with E-state index >= 15 is 0 Å². The SMILES string of the molecule is CC(C)C1(C(C)C)c2ccccc2CCC1CO.CCC1(C(C)C)c2ccccc2-c2cn[nH]c21. The average molecular weight is 473 g/mol. The van der Waals surface area contributed by atoms with Gasteiger partial charge in [0, 0.05) is 23.0 Å². The minimum Gasteiger partial charge on any atom is -0.396 e. The van der Waals surface area contributed by atoms with E-state index in [-0.39, 0.29) is 10.8 Å². The molecule has 2 aromatic carbocycles. The molecule has 1 aromatic heterocycles. The lowest BCUT2D eigenvalue weighted by Crippen LogP contribution is -2.49. The minimum absolute atomic E-state index is 0.114. The number of nitrogens with one attached hydrogen (secondary N) is 1. The van der Waals surface area contributed by atoms with Crippen molar-refractivity contribution in [2.45, 2.75) is 78.6 Å². The zero-order chi connectivity index (χ0) is 25.4. The number of aromatic amines is 1. The number of fused-ring (bicyclic) bond motifs is 4. The van der Waals surface area contributed by atoms with E-state index in [2.05, 4.69) is 107 Å². The van der Waals surface area contributed by atoms with Crippen LogP contribution in [0.1, 0.15) is 83.7 Å². The first kappa shape index (κ1) is 25.7. The highest BCUT2D eigenvalue weighted by Crippen LogP contribution is 2.53. The van der Waals surface area contributed by atoms with Gasteiger partial charge in [0.1, 0.15) is 0 Å². The summed E-state index contributed by atoms with van der Waals surface area (Å²) in [6.07, 6.45) is 5.30. The molecule has 1 heterocycles. The van der Waals surface area contributed by atoms with Gasteiger partial charge < -0.3 is 5.11 Å². The maximum atomic E-state index is 9.85. The Bertz CT molecular complexity index is 1130. The molecule has 0 radical (unpaired) electrons. The van der Waals surface area contributed by atoms with Crippen molar-refractivity contribution in [3.8, 4) is 11.1 Å². The molecule has 3 heteroatoms. The van der Waals surface area contributed by atoms with E-state index in [1.807, 2.05) is 6.20 Å². The number of aryl methyl sites for hydroxylation is 1. The van der Waals surface area contributed by atoms with Gasteiger partial charge in [0.2, 0.25) is 0 Å². The van der Waals surface area contributed by atoms with Crippen molar-refractivity contribution < 1.29 is 5.11 Å². The fraction of sp³-hybridized carbons (Fsp3) is 0.531. The molecule has 3 nitrogen and oxygen atoms in total. The van der Waals surface area contributed by atoms with Gasteiger partial charge in [-0.05, 0) is 65.2 Å². The highest BCUT2D eigenvalue weighted by molar-refractivity contribution is 5.79. The van der Waals surface area contributed by atoms with Gasteiger partial charge in [0.25, 0.3) is 0 Å². The van der Waals surface area contributed by atoms with E-state index in [1.54, 1.807) is 0 Å². The number of hydrogen-bond acceptors (Lipinski definition) is 2. The Morgan fingerprint density at radius 1 is 0.886 bits per heavy atom. The van der Waals surface area contributed by atoms with E-state index in [4.69, 9.17) is 0 Å². The quantitative estimate of drug-likeness (QED) is 0.403. The Hall–Kier alpha value is -2.39. The summed E-state index contributed by atoms with van der Waals surface area (Å²) < 4.78 is 0. The second-order valence-electron chi connectivity index (χ2n) is 11.5. The molecule has 3 aromatic rings. The standard InChI is InChI=1S/C17H26O.C15H18N2/c1-12(2)17(13(3)4)15(11-18)10-9-14-7-5-6-8-16(14)17;1-4-15(10(2)3)13-8-6-5-7-11(13)12-9-16-17-14(12)15/h5-8,12-13,15,18H,9-11H2,1-4H3;5-10H,4H2,1-3H3,(H,16,17). The van der Waals surface area contributed by atoms with Crippen molar-refractivity contribution in [3.63, 3.8) is 0 Å². The molecule has 2 aliphatic rings. The molecule has 2 atom stereocenters. The van der Waals surface area contributed by atoms with Gasteiger partial charge in [-0.2, -0.15) is 5.10 Å². The normalized spacial score (nSPS) is 22.0. The summed E-state index contributed by atoms with van der Waals surface area (Å²) in [7, 11) is 0. The molecule has 5 rings (SSSR count). The Kier molecular flexibility index (Phi) is 7.29. The number of aromatic nitrogens is 2. The molecule has 2 N–H and O–H groups in total. The fourth-order valence-corrected chi connectivity index (χ4v) is 7.87. The van der Waals surface area contributed by atoms with E-state index < -0.39 is 0 Å². The van der Waals surface area contributed by atoms with Crippen LogP contribution in [-0.4, -0.2) is 21.9 Å². The summed E-state index contributed by atoms with van der Waals surface area (Å²) in [4.78, 5) is 0. The van der Waals surface area contributed by atoms with Crippen LogP contribution in [0.2, 0.25) is 0 Å². The average Bonchev–Trinajstić information content (AvgIpc) is 3.43. The number of rotatable bonds is 5. The number of benzene rings is 2. The second kappa shape index (κ2) is 9.93. The highest BCUT2D eigenvalue weighted by Gasteiger charge is 2.48. The molecule has 2 aliphatic carbocycles. The van der Waals surface area contributed by atoms with Gasteiger partial charge in [-0.1, -0.05) is 97.0 Å². The monoisotopic (exact) mass is 472 g/mol. The van der Waals surface area contributed by atoms with Gasteiger partial charge >= 0.3 is 0 Å². The molecule has 0 aliphatic heterocycles. The minimum atomic E-state index is 0.114. The summed E-state index contributed by atoms with van der Waals surface area (Å²) in [6, 6.07) is 17.6. The summed E-state index contributed by atoms with van der Waals surface area (Å²) in [5.41, 5.74) is 8.62. The summed E-state index contributed by atoms with van der Waals surface area (Å²) in [5.74, 6) is 2.06. The van der Waals surface area contributed by atoms with Crippen molar-refractivity contribution in [2.75, 3.05) is 6.61 Å². The van der Waals surface area contributed by atoms with Crippen LogP contribution in [0.4, 0.5) is 0 Å². The van der Waals surface area contributed by atoms with Gasteiger partial charge in [0.15, 0.2) is 0 Å². The van der Waals surface area contributed by atoms with Gasteiger partial charge in [0.05, 0.1) is 11.9 Å². The first-order valence-electron chi connectivity index (χ1n) is 13.6. The molecule has 0 fully saturated rings. The first-order chi connectivity index (χ1) is 16.8. The van der Waals surface area contributed by atoms with Crippen LogP contribution in [0.25, 0.3) is 11.1 Å². The molecule has 2 unspecified atom stereocenters. The van der Waals surface area contributed by atoms with Crippen LogP contribution in [0, 0.1) is 23.7 Å². The third-order valence-corrected chi connectivity index (χ3v) is 9.38. The molecule has 188 valence electrons. The molecule has 35 heavy (non-hydrogen) atoms. The zero-order valence-electron chi connectivity index (χ0n) is 22.7. The number of nitrogens with zero attached hydrogens (tertiary/aromatic N) is 1. The van der Waals surface area contributed by atoms with E-state index in [1.165, 1.54) is 33.5 Å². The van der Waals surface area contributed by atoms with Crippen LogP contribution >= 0.6 is 0 Å².